The molecule has 0 radical (unpaired) electrons. The number of benzene rings is 3. The number of piperazine rings is 1. The molecule has 2 aromatic heterocycles. The molecule has 0 aliphatic carbocycles. The molecule has 0 spiro atoms. The molecule has 6 rings (SSSR count). The average molecular weight is 634 g/mol. The second-order valence-electron chi connectivity index (χ2n) is 8.85. The van der Waals surface area contributed by atoms with Crippen LogP contribution in [0.25, 0.3) is 44.8 Å². The molecule has 0 saturated carbocycles. The van der Waals surface area contributed by atoms with Gasteiger partial charge in [0.15, 0.2) is 0 Å². The molecule has 228 valence electrons. The number of rotatable bonds is 5. The highest BCUT2D eigenvalue weighted by Crippen LogP contribution is 2.28. The van der Waals surface area contributed by atoms with Gasteiger partial charge < -0.3 is 46.4 Å². The minimum Gasteiger partial charge on any atom is -0.494 e. The molecule has 10 N–H and O–H groups in total. The van der Waals surface area contributed by atoms with Crippen LogP contribution in [0.1, 0.15) is 6.92 Å². The lowest BCUT2D eigenvalue weighted by atomic mass is 10.2. The minimum absolute atomic E-state index is 0. The molecule has 1 saturated heterocycles. The normalized spacial score (nSPS) is 12.3. The van der Waals surface area contributed by atoms with Gasteiger partial charge in [0.05, 0.1) is 28.7 Å². The van der Waals surface area contributed by atoms with E-state index in [9.17, 15) is 0 Å². The van der Waals surface area contributed by atoms with Gasteiger partial charge in [-0.15, -0.1) is 37.2 Å². The van der Waals surface area contributed by atoms with Crippen LogP contribution in [-0.4, -0.2) is 86.6 Å². The Morgan fingerprint density at radius 2 is 1.20 bits per heavy atom. The topological polar surface area (TPSA) is 199 Å². The van der Waals surface area contributed by atoms with E-state index in [-0.39, 0.29) is 59.1 Å². The third kappa shape index (κ3) is 8.22. The highest BCUT2D eigenvalue weighted by Gasteiger charge is 2.16. The highest BCUT2D eigenvalue weighted by atomic mass is 35.5. The summed E-state index contributed by atoms with van der Waals surface area (Å²) < 4.78 is 5.55. The van der Waals surface area contributed by atoms with Crippen molar-refractivity contribution in [3.63, 3.8) is 0 Å². The van der Waals surface area contributed by atoms with Gasteiger partial charge >= 0.3 is 0 Å². The van der Waals surface area contributed by atoms with E-state index in [1.165, 1.54) is 5.69 Å². The van der Waals surface area contributed by atoms with Crippen LogP contribution in [0.15, 0.2) is 60.7 Å². The summed E-state index contributed by atoms with van der Waals surface area (Å²) in [4.78, 5) is 21.4. The molecular weight excluding hydrogens is 595 g/mol. The number of anilines is 1. The summed E-state index contributed by atoms with van der Waals surface area (Å²) in [6.07, 6.45) is 0. The molecule has 0 unspecified atom stereocenters. The Hall–Kier alpha value is -3.13. The Morgan fingerprint density at radius 3 is 1.78 bits per heavy atom. The van der Waals surface area contributed by atoms with E-state index in [1.807, 2.05) is 37.3 Å². The van der Waals surface area contributed by atoms with Gasteiger partial charge in [-0.25, -0.2) is 9.97 Å². The van der Waals surface area contributed by atoms with Crippen molar-refractivity contribution in [2.24, 2.45) is 0 Å². The molecule has 1 aliphatic rings. The quantitative estimate of drug-likeness (QED) is 0.299. The third-order valence-electron chi connectivity index (χ3n) is 6.53. The minimum atomic E-state index is 0. The Kier molecular flexibility index (Phi) is 16.6. The van der Waals surface area contributed by atoms with E-state index in [0.29, 0.717) is 6.61 Å². The first-order chi connectivity index (χ1) is 16.7. The Bertz CT molecular complexity index is 1470. The van der Waals surface area contributed by atoms with Gasteiger partial charge in [-0.2, -0.15) is 0 Å². The average Bonchev–Trinajstić information content (AvgIpc) is 3.48. The van der Waals surface area contributed by atoms with Gasteiger partial charge in [-0.3, -0.25) is 0 Å². The number of ether oxygens (including phenoxy) is 1. The molecule has 0 bridgehead atoms. The van der Waals surface area contributed by atoms with Gasteiger partial charge in [0, 0.05) is 43.0 Å². The maximum Gasteiger partial charge on any atom is 0.138 e. The number of imidazole rings is 2. The molecule has 11 nitrogen and oxygen atoms in total. The number of nitrogens with one attached hydrogen (secondary N) is 2. The van der Waals surface area contributed by atoms with E-state index in [1.54, 1.807) is 0 Å². The fourth-order valence-corrected chi connectivity index (χ4v) is 4.57. The van der Waals surface area contributed by atoms with Gasteiger partial charge in [0.25, 0.3) is 0 Å². The maximum atomic E-state index is 5.55. The van der Waals surface area contributed by atoms with Crippen molar-refractivity contribution in [2.75, 3.05) is 44.7 Å². The molecule has 14 heteroatoms. The van der Waals surface area contributed by atoms with E-state index in [0.717, 1.165) is 76.8 Å². The van der Waals surface area contributed by atoms with Crippen molar-refractivity contribution in [2.45, 2.75) is 6.92 Å². The number of nitrogens with zero attached hydrogens (tertiary/aromatic N) is 4. The largest absolute Gasteiger partial charge is 0.494 e. The smallest absolute Gasteiger partial charge is 0.138 e. The fourth-order valence-electron chi connectivity index (χ4n) is 4.57. The van der Waals surface area contributed by atoms with Crippen molar-refractivity contribution in [3.05, 3.63) is 60.7 Å². The third-order valence-corrected chi connectivity index (χ3v) is 6.53. The molecule has 1 aliphatic heterocycles. The van der Waals surface area contributed by atoms with E-state index < -0.39 is 0 Å². The monoisotopic (exact) mass is 632 g/mol. The van der Waals surface area contributed by atoms with Gasteiger partial charge in [-0.1, -0.05) is 0 Å². The lowest BCUT2D eigenvalue weighted by Crippen LogP contribution is -2.44. The van der Waals surface area contributed by atoms with Crippen molar-refractivity contribution in [1.29, 1.82) is 0 Å². The lowest BCUT2D eigenvalue weighted by Gasteiger charge is -2.34. The van der Waals surface area contributed by atoms with E-state index in [2.05, 4.69) is 57.1 Å². The van der Waals surface area contributed by atoms with Crippen LogP contribution in [0, 0.1) is 0 Å². The van der Waals surface area contributed by atoms with Crippen LogP contribution in [0.4, 0.5) is 5.69 Å². The van der Waals surface area contributed by atoms with Crippen molar-refractivity contribution in [3.8, 4) is 28.5 Å². The first-order valence-corrected chi connectivity index (χ1v) is 11.8. The summed E-state index contributed by atoms with van der Waals surface area (Å²) in [5.41, 5.74) is 7.27. The molecule has 41 heavy (non-hydrogen) atoms. The molecule has 0 amide bonds. The predicted octanol–water partition coefficient (Wildman–Crippen LogP) is 2.89. The van der Waals surface area contributed by atoms with E-state index in [4.69, 9.17) is 14.7 Å². The summed E-state index contributed by atoms with van der Waals surface area (Å²) >= 11 is 0. The molecule has 1 fully saturated rings. The molecule has 3 heterocycles. The Balaban J connectivity index is 0. The van der Waals surface area contributed by atoms with Gasteiger partial charge in [0.1, 0.15) is 17.4 Å². The summed E-state index contributed by atoms with van der Waals surface area (Å²) in [6, 6.07) is 20.7. The first kappa shape index (κ1) is 40.0. The zero-order valence-corrected chi connectivity index (χ0v) is 25.2. The van der Waals surface area contributed by atoms with Crippen LogP contribution >= 0.6 is 37.2 Å². The fraction of sp³-hybridized carbons (Fsp3) is 0.259. The number of halogens is 3. The van der Waals surface area contributed by atoms with Crippen molar-refractivity contribution >= 4 is 65.0 Å². The summed E-state index contributed by atoms with van der Waals surface area (Å²) in [7, 11) is 2.18. The number of H-pyrrole nitrogens is 2. The number of hydrogen-bond donors (Lipinski definition) is 2. The molecular formula is C27H39Cl3N6O5. The number of likely N-dealkylation sites (N-methyl/N-ethyl adjacent to an activating group) is 1. The van der Waals surface area contributed by atoms with Crippen molar-refractivity contribution < 1.29 is 26.6 Å². The first-order valence-electron chi connectivity index (χ1n) is 11.8. The Morgan fingerprint density at radius 1 is 0.683 bits per heavy atom. The van der Waals surface area contributed by atoms with Crippen LogP contribution in [0.3, 0.4) is 0 Å². The SMILES string of the molecule is CCOc1ccc(-c2nc3ccc(-c4nc5ccc(N6CCN(C)CC6)cc5[nH]4)cc3[nH]2)cc1.Cl.Cl.Cl.O.O.O.O. The van der Waals surface area contributed by atoms with Crippen molar-refractivity contribution in [1.82, 2.24) is 24.8 Å². The molecule has 0 atom stereocenters. The zero-order valence-electron chi connectivity index (χ0n) is 22.7. The predicted molar refractivity (Wildman–Crippen MR) is 174 cm³/mol. The summed E-state index contributed by atoms with van der Waals surface area (Å²) in [6.45, 7) is 6.93. The second kappa shape index (κ2) is 17.0. The van der Waals surface area contributed by atoms with Crippen LogP contribution in [-0.2, 0) is 0 Å². The standard InChI is InChI=1S/C27H28N6O.3ClH.4H2O/c1-3-34-21-8-4-18(5-9-21)26-28-22-10-6-19(16-24(22)30-26)27-29-23-11-7-20(17-25(23)31-27)33-14-12-32(2)13-15-33;;;;;;;/h4-11,16-17H,3,12-15H2,1-2H3,(H,28,30)(H,29,31);3*1H;4*1H2. The molecule has 3 aromatic carbocycles. The van der Waals surface area contributed by atoms with Crippen LogP contribution in [0.2, 0.25) is 0 Å². The molecule has 5 aromatic rings. The van der Waals surface area contributed by atoms with Crippen LogP contribution < -0.4 is 9.64 Å². The Labute approximate surface area is 256 Å². The maximum absolute atomic E-state index is 5.55. The number of hydrogen-bond acceptors (Lipinski definition) is 5. The number of fused-ring (bicyclic) bond motifs is 2. The number of aromatic nitrogens is 4. The van der Waals surface area contributed by atoms with E-state index >= 15 is 0 Å². The lowest BCUT2D eigenvalue weighted by molar-refractivity contribution is 0.313. The summed E-state index contributed by atoms with van der Waals surface area (Å²) in [5, 5.41) is 0. The van der Waals surface area contributed by atoms with Crippen LogP contribution in [0.5, 0.6) is 5.75 Å². The number of aromatic amines is 2. The zero-order chi connectivity index (χ0) is 23.1. The van der Waals surface area contributed by atoms with Gasteiger partial charge in [0.2, 0.25) is 0 Å². The highest BCUT2D eigenvalue weighted by molar-refractivity contribution is 5.87. The summed E-state index contributed by atoms with van der Waals surface area (Å²) in [5.74, 6) is 2.58. The van der Waals surface area contributed by atoms with Gasteiger partial charge in [-0.05, 0) is 74.6 Å². The second-order valence-corrected chi connectivity index (χ2v) is 8.85.